The van der Waals surface area contributed by atoms with Crippen LogP contribution in [-0.2, 0) is 14.1 Å². The third-order valence-electron chi connectivity index (χ3n) is 7.67. The predicted molar refractivity (Wildman–Crippen MR) is 139 cm³/mol. The van der Waals surface area contributed by atoms with E-state index in [4.69, 9.17) is 0 Å². The van der Waals surface area contributed by atoms with Crippen LogP contribution < -0.4 is 0 Å². The molecule has 33 heavy (non-hydrogen) atoms. The number of hydrogen-bond acceptors (Lipinski definition) is 0. The maximum absolute atomic E-state index is 3.83. The van der Waals surface area contributed by atoms with Crippen molar-refractivity contribution in [1.29, 1.82) is 0 Å². The van der Waals surface area contributed by atoms with Crippen LogP contribution in [0, 0.1) is 20.8 Å². The van der Waals surface area contributed by atoms with Crippen LogP contribution in [0.4, 0.5) is 0 Å². The van der Waals surface area contributed by atoms with E-state index in [9.17, 15) is 0 Å². The summed E-state index contributed by atoms with van der Waals surface area (Å²) in [5.74, 6) is 0.0900. The van der Waals surface area contributed by atoms with Crippen LogP contribution in [0.25, 0.3) is 32.7 Å². The van der Waals surface area contributed by atoms with Crippen molar-refractivity contribution in [3.63, 3.8) is 0 Å². The molecule has 0 aliphatic rings. The maximum atomic E-state index is 3.83. The Kier molecular flexibility index (Phi) is 4.31. The molecule has 1 N–H and O–H groups in total. The van der Waals surface area contributed by atoms with E-state index in [1.54, 1.807) is 0 Å². The molecule has 6 rings (SSSR count). The summed E-state index contributed by atoms with van der Waals surface area (Å²) in [6.07, 6.45) is 0. The number of H-pyrrole nitrogens is 1. The Labute approximate surface area is 194 Å². The number of nitrogens with one attached hydrogen (secondary N) is 1. The summed E-state index contributed by atoms with van der Waals surface area (Å²) in [7, 11) is 4.43. The molecule has 0 saturated heterocycles. The first-order chi connectivity index (χ1) is 16.0. The molecule has 0 fully saturated rings. The van der Waals surface area contributed by atoms with E-state index in [0.29, 0.717) is 0 Å². The molecule has 0 radical (unpaired) electrons. The zero-order chi connectivity index (χ0) is 22.9. The molecule has 0 unspecified atom stereocenters. The highest BCUT2D eigenvalue weighted by Gasteiger charge is 2.31. The van der Waals surface area contributed by atoms with Gasteiger partial charge in [0.05, 0.1) is 5.92 Å². The van der Waals surface area contributed by atoms with Gasteiger partial charge in [0.1, 0.15) is 0 Å². The Morgan fingerprint density at radius 1 is 0.576 bits per heavy atom. The number of benzene rings is 3. The van der Waals surface area contributed by atoms with E-state index in [2.05, 4.69) is 122 Å². The van der Waals surface area contributed by atoms with Crippen molar-refractivity contribution in [3.8, 4) is 0 Å². The van der Waals surface area contributed by atoms with E-state index in [0.717, 1.165) is 0 Å². The SMILES string of the molecule is Cc1c(C(c2c(C)c3ccccc3n2C)c2c(C)c3ccccc3n2C)[nH]c2ccccc12. The fourth-order valence-corrected chi connectivity index (χ4v) is 6.02. The van der Waals surface area contributed by atoms with Gasteiger partial charge in [0.2, 0.25) is 0 Å². The smallest absolute Gasteiger partial charge is 0.0804 e. The van der Waals surface area contributed by atoms with E-state index in [1.807, 2.05) is 0 Å². The van der Waals surface area contributed by atoms with Crippen LogP contribution in [-0.4, -0.2) is 14.1 Å². The molecule has 0 aliphatic heterocycles. The number of fused-ring (bicyclic) bond motifs is 3. The number of rotatable bonds is 3. The minimum atomic E-state index is 0.0900. The molecule has 0 atom stereocenters. The summed E-state index contributed by atoms with van der Waals surface area (Å²) in [4.78, 5) is 3.83. The summed E-state index contributed by atoms with van der Waals surface area (Å²) in [5.41, 5.74) is 11.7. The highest BCUT2D eigenvalue weighted by Crippen LogP contribution is 2.43. The van der Waals surface area contributed by atoms with E-state index in [1.165, 1.54) is 66.5 Å². The van der Waals surface area contributed by atoms with Gasteiger partial charge in [0, 0.05) is 63.9 Å². The lowest BCUT2D eigenvalue weighted by atomic mass is 9.89. The second-order valence-electron chi connectivity index (χ2n) is 9.32. The predicted octanol–water partition coefficient (Wildman–Crippen LogP) is 7.26. The first-order valence-electron chi connectivity index (χ1n) is 11.6. The van der Waals surface area contributed by atoms with Gasteiger partial charge in [0.25, 0.3) is 0 Å². The fraction of sp³-hybridized carbons (Fsp3) is 0.200. The molecule has 3 aromatic carbocycles. The molecule has 0 aliphatic carbocycles. The Bertz CT molecular complexity index is 1510. The first kappa shape index (κ1) is 19.9. The van der Waals surface area contributed by atoms with Gasteiger partial charge in [0.15, 0.2) is 0 Å². The number of aromatic nitrogens is 3. The van der Waals surface area contributed by atoms with Gasteiger partial charge in [-0.05, 0) is 55.7 Å². The minimum Gasteiger partial charge on any atom is -0.357 e. The highest BCUT2D eigenvalue weighted by atomic mass is 15.0. The summed E-state index contributed by atoms with van der Waals surface area (Å²) in [6, 6.07) is 26.2. The van der Waals surface area contributed by atoms with Crippen LogP contribution in [0.2, 0.25) is 0 Å². The topological polar surface area (TPSA) is 25.6 Å². The lowest BCUT2D eigenvalue weighted by Crippen LogP contribution is -2.15. The van der Waals surface area contributed by atoms with Crippen molar-refractivity contribution in [2.75, 3.05) is 0 Å². The largest absolute Gasteiger partial charge is 0.357 e. The molecule has 3 aromatic heterocycles. The van der Waals surface area contributed by atoms with E-state index >= 15 is 0 Å². The normalized spacial score (nSPS) is 12.1. The van der Waals surface area contributed by atoms with Crippen molar-refractivity contribution in [2.24, 2.45) is 14.1 Å². The standard InChI is InChI=1S/C30H29N3/c1-18-21-12-6-9-15-24(21)31-28(18)27(29-19(2)22-13-7-10-16-25(22)32(29)4)30-20(3)23-14-8-11-17-26(23)33(30)5/h6-17,27,31H,1-5H3. The van der Waals surface area contributed by atoms with Gasteiger partial charge in [-0.25, -0.2) is 0 Å². The third-order valence-corrected chi connectivity index (χ3v) is 7.67. The number of aryl methyl sites for hydroxylation is 5. The zero-order valence-corrected chi connectivity index (χ0v) is 19.9. The first-order valence-corrected chi connectivity index (χ1v) is 11.6. The molecule has 0 bridgehead atoms. The van der Waals surface area contributed by atoms with Crippen LogP contribution in [0.1, 0.15) is 39.7 Å². The summed E-state index contributed by atoms with van der Waals surface area (Å²) >= 11 is 0. The average molecular weight is 432 g/mol. The number of aromatic amines is 1. The lowest BCUT2D eigenvalue weighted by molar-refractivity contribution is 0.730. The maximum Gasteiger partial charge on any atom is 0.0804 e. The number of nitrogens with zero attached hydrogens (tertiary/aromatic N) is 2. The second kappa shape index (κ2) is 7.14. The van der Waals surface area contributed by atoms with Crippen molar-refractivity contribution in [3.05, 3.63) is 107 Å². The monoisotopic (exact) mass is 431 g/mol. The molecule has 164 valence electrons. The fourth-order valence-electron chi connectivity index (χ4n) is 6.02. The van der Waals surface area contributed by atoms with E-state index in [-0.39, 0.29) is 5.92 Å². The molecule has 0 spiro atoms. The molecule has 3 heterocycles. The van der Waals surface area contributed by atoms with E-state index < -0.39 is 0 Å². The van der Waals surface area contributed by atoms with Crippen molar-refractivity contribution < 1.29 is 0 Å². The molecular weight excluding hydrogens is 402 g/mol. The van der Waals surface area contributed by atoms with Crippen LogP contribution in [0.5, 0.6) is 0 Å². The zero-order valence-electron chi connectivity index (χ0n) is 19.9. The minimum absolute atomic E-state index is 0.0900. The Hall–Kier alpha value is -3.72. The van der Waals surface area contributed by atoms with Crippen LogP contribution in [0.3, 0.4) is 0 Å². The van der Waals surface area contributed by atoms with Gasteiger partial charge in [-0.15, -0.1) is 0 Å². The molecular formula is C30H29N3. The van der Waals surface area contributed by atoms with Gasteiger partial charge < -0.3 is 14.1 Å². The summed E-state index contributed by atoms with van der Waals surface area (Å²) in [6.45, 7) is 6.82. The molecule has 3 nitrogen and oxygen atoms in total. The summed E-state index contributed by atoms with van der Waals surface area (Å²) < 4.78 is 4.80. The van der Waals surface area contributed by atoms with Gasteiger partial charge >= 0.3 is 0 Å². The molecule has 0 amide bonds. The third kappa shape index (κ3) is 2.69. The molecule has 0 saturated carbocycles. The number of hydrogen-bond donors (Lipinski definition) is 1. The highest BCUT2D eigenvalue weighted by molar-refractivity contribution is 5.90. The lowest BCUT2D eigenvalue weighted by Gasteiger charge is -2.22. The Balaban J connectivity index is 1.76. The van der Waals surface area contributed by atoms with Crippen molar-refractivity contribution in [1.82, 2.24) is 14.1 Å². The van der Waals surface area contributed by atoms with Crippen LogP contribution in [0.15, 0.2) is 72.8 Å². The average Bonchev–Trinajstić information content (AvgIpc) is 3.40. The van der Waals surface area contributed by atoms with Crippen LogP contribution >= 0.6 is 0 Å². The molecule has 3 heteroatoms. The Morgan fingerprint density at radius 2 is 1.03 bits per heavy atom. The summed E-state index contributed by atoms with van der Waals surface area (Å²) in [5, 5.41) is 3.95. The van der Waals surface area contributed by atoms with Crippen molar-refractivity contribution >= 4 is 32.7 Å². The van der Waals surface area contributed by atoms with Gasteiger partial charge in [-0.2, -0.15) is 0 Å². The van der Waals surface area contributed by atoms with Gasteiger partial charge in [-0.1, -0.05) is 54.6 Å². The van der Waals surface area contributed by atoms with Crippen molar-refractivity contribution in [2.45, 2.75) is 26.7 Å². The Morgan fingerprint density at radius 3 is 1.52 bits per heavy atom. The number of para-hydroxylation sites is 3. The second-order valence-corrected chi connectivity index (χ2v) is 9.32. The quantitative estimate of drug-likeness (QED) is 0.305. The van der Waals surface area contributed by atoms with Gasteiger partial charge in [-0.3, -0.25) is 0 Å². The molecule has 6 aromatic rings.